The van der Waals surface area contributed by atoms with E-state index in [9.17, 15) is 14.4 Å². The van der Waals surface area contributed by atoms with Crippen molar-refractivity contribution in [1.29, 1.82) is 0 Å². The highest BCUT2D eigenvalue weighted by Gasteiger charge is 2.21. The van der Waals surface area contributed by atoms with E-state index in [0.717, 1.165) is 6.07 Å². The molecule has 15 nitrogen and oxygen atoms in total. The Bertz CT molecular complexity index is 1630. The Kier molecular flexibility index (Phi) is 5.58. The van der Waals surface area contributed by atoms with E-state index in [4.69, 9.17) is 16.0 Å². The van der Waals surface area contributed by atoms with Crippen LogP contribution in [-0.4, -0.2) is 58.0 Å². The first-order valence-corrected chi connectivity index (χ1v) is 10.5. The van der Waals surface area contributed by atoms with Crippen LogP contribution in [-0.2, 0) is 6.42 Å². The van der Waals surface area contributed by atoms with Gasteiger partial charge >= 0.3 is 0 Å². The van der Waals surface area contributed by atoms with Gasteiger partial charge in [-0.15, -0.1) is 10.2 Å². The van der Waals surface area contributed by atoms with Crippen LogP contribution in [0.3, 0.4) is 0 Å². The van der Waals surface area contributed by atoms with Gasteiger partial charge in [-0.2, -0.15) is 10.4 Å². The van der Waals surface area contributed by atoms with Crippen molar-refractivity contribution in [2.45, 2.75) is 19.8 Å². The fraction of sp³-hybridized carbons (Fsp3) is 0.158. The number of H-pyrrole nitrogens is 2. The molecule has 0 bridgehead atoms. The second kappa shape index (κ2) is 8.86. The van der Waals surface area contributed by atoms with Crippen LogP contribution >= 0.6 is 11.6 Å². The molecular formula is C19H14ClN11O4. The van der Waals surface area contributed by atoms with Crippen LogP contribution in [0.15, 0.2) is 27.4 Å². The summed E-state index contributed by atoms with van der Waals surface area (Å²) in [5.74, 6) is -1.75. The van der Waals surface area contributed by atoms with Crippen molar-refractivity contribution in [3.63, 3.8) is 0 Å². The number of benzene rings is 1. The van der Waals surface area contributed by atoms with Crippen LogP contribution in [0.4, 0.5) is 11.9 Å². The highest BCUT2D eigenvalue weighted by Crippen LogP contribution is 2.32. The molecule has 1 aromatic carbocycles. The molecule has 4 heterocycles. The lowest BCUT2D eigenvalue weighted by atomic mass is 10.0. The zero-order chi connectivity index (χ0) is 24.5. The number of amides is 2. The summed E-state index contributed by atoms with van der Waals surface area (Å²) in [5.41, 5.74) is 0.548. The van der Waals surface area contributed by atoms with Crippen molar-refractivity contribution < 1.29 is 14.0 Å². The maximum atomic E-state index is 12.9. The molecule has 176 valence electrons. The number of carbonyl (C=O) groups is 2. The number of aromatic amines is 2. The lowest BCUT2D eigenvalue weighted by Crippen LogP contribution is -2.17. The average molecular weight is 496 g/mol. The van der Waals surface area contributed by atoms with Gasteiger partial charge in [0.15, 0.2) is 11.2 Å². The highest BCUT2D eigenvalue weighted by atomic mass is 35.5. The zero-order valence-corrected chi connectivity index (χ0v) is 18.5. The van der Waals surface area contributed by atoms with E-state index in [-0.39, 0.29) is 39.3 Å². The molecule has 0 saturated heterocycles. The summed E-state index contributed by atoms with van der Waals surface area (Å²) >= 11 is 6.48. The van der Waals surface area contributed by atoms with E-state index < -0.39 is 17.2 Å². The maximum Gasteiger partial charge on any atom is 0.293 e. The molecule has 35 heavy (non-hydrogen) atoms. The Hall–Kier alpha value is -4.79. The number of fused-ring (bicyclic) bond motifs is 2. The highest BCUT2D eigenvalue weighted by molar-refractivity contribution is 6.36. The van der Waals surface area contributed by atoms with Crippen LogP contribution in [0, 0.1) is 0 Å². The third-order valence-corrected chi connectivity index (χ3v) is 5.25. The van der Waals surface area contributed by atoms with Crippen molar-refractivity contribution in [1.82, 2.24) is 46.2 Å². The number of hydrogen-bond acceptors (Lipinski definition) is 11. The summed E-state index contributed by atoms with van der Waals surface area (Å²) in [6.45, 7) is 1.92. The molecule has 0 aliphatic heterocycles. The Labute approximate surface area is 198 Å². The third kappa shape index (κ3) is 4.15. The van der Waals surface area contributed by atoms with Crippen LogP contribution in [0.25, 0.3) is 21.9 Å². The van der Waals surface area contributed by atoms with Gasteiger partial charge in [-0.25, -0.2) is 4.98 Å². The summed E-state index contributed by atoms with van der Waals surface area (Å²) in [7, 11) is 0. The number of carbonyl (C=O) groups excluding carboxylic acids is 2. The maximum absolute atomic E-state index is 12.9. The standard InChI is InChI=1S/C19H14ClN11O4/c1-2-3-7-14-8(10(20)5-11(21-14)16(33)22-18-24-28-29-25-18)4-9-12(32)6-13(35-15(7)9)17(34)23-19-26-30-31-27-19/h4-6H,2-3H2,1H3,(H2,22,24,25,28,29,33)(H2,23,26,27,30,31,34). The number of aryl methyl sites for hydroxylation is 1. The van der Waals surface area contributed by atoms with Crippen molar-refractivity contribution in [2.75, 3.05) is 10.6 Å². The van der Waals surface area contributed by atoms with Gasteiger partial charge in [-0.05, 0) is 29.0 Å². The summed E-state index contributed by atoms with van der Waals surface area (Å²) in [5, 5.41) is 31.5. The monoisotopic (exact) mass is 495 g/mol. The molecule has 0 radical (unpaired) electrons. The smallest absolute Gasteiger partial charge is 0.293 e. The van der Waals surface area contributed by atoms with Gasteiger partial charge in [0, 0.05) is 17.0 Å². The fourth-order valence-electron chi connectivity index (χ4n) is 3.48. The number of tetrazole rings is 2. The number of nitrogens with zero attached hydrogens (tertiary/aromatic N) is 7. The third-order valence-electron chi connectivity index (χ3n) is 4.94. The summed E-state index contributed by atoms with van der Waals surface area (Å²) in [6.07, 6.45) is 1.07. The van der Waals surface area contributed by atoms with Gasteiger partial charge in [0.05, 0.1) is 15.9 Å². The van der Waals surface area contributed by atoms with Crippen molar-refractivity contribution in [3.05, 3.63) is 50.5 Å². The van der Waals surface area contributed by atoms with Crippen LogP contribution < -0.4 is 16.1 Å². The predicted octanol–water partition coefficient (Wildman–Crippen LogP) is 1.48. The second-order valence-corrected chi connectivity index (χ2v) is 7.63. The lowest BCUT2D eigenvalue weighted by molar-refractivity contribution is 0.0994. The van der Waals surface area contributed by atoms with Gasteiger partial charge in [0.1, 0.15) is 11.3 Å². The molecule has 0 aliphatic carbocycles. The first kappa shape index (κ1) is 22.0. The minimum atomic E-state index is -0.743. The molecular weight excluding hydrogens is 482 g/mol. The van der Waals surface area contributed by atoms with Gasteiger partial charge in [0.25, 0.3) is 23.7 Å². The average Bonchev–Trinajstić information content (AvgIpc) is 3.54. The molecule has 4 aromatic heterocycles. The number of anilines is 2. The van der Waals surface area contributed by atoms with Crippen LogP contribution in [0.5, 0.6) is 0 Å². The fourth-order valence-corrected chi connectivity index (χ4v) is 3.72. The first-order valence-electron chi connectivity index (χ1n) is 10.1. The van der Waals surface area contributed by atoms with E-state index in [1.807, 2.05) is 6.92 Å². The number of pyridine rings is 1. The second-order valence-electron chi connectivity index (χ2n) is 7.22. The normalized spacial score (nSPS) is 11.1. The minimum Gasteiger partial charge on any atom is -0.450 e. The number of halogens is 1. The molecule has 0 atom stereocenters. The van der Waals surface area contributed by atoms with Gasteiger partial charge < -0.3 is 4.42 Å². The molecule has 0 unspecified atom stereocenters. The van der Waals surface area contributed by atoms with E-state index in [2.05, 4.69) is 56.9 Å². The van der Waals surface area contributed by atoms with Gasteiger partial charge in [-0.1, -0.05) is 35.1 Å². The Morgan fingerprint density at radius 1 is 1.00 bits per heavy atom. The van der Waals surface area contributed by atoms with Gasteiger partial charge in [0.2, 0.25) is 0 Å². The lowest BCUT2D eigenvalue weighted by Gasteiger charge is -2.12. The first-order chi connectivity index (χ1) is 16.9. The number of rotatable bonds is 6. The Morgan fingerprint density at radius 3 is 2.31 bits per heavy atom. The van der Waals surface area contributed by atoms with Crippen molar-refractivity contribution >= 4 is 57.2 Å². The van der Waals surface area contributed by atoms with Gasteiger partial charge in [-0.3, -0.25) is 25.0 Å². The van der Waals surface area contributed by atoms with Crippen molar-refractivity contribution in [3.8, 4) is 0 Å². The molecule has 2 amide bonds. The number of nitrogens with one attached hydrogen (secondary N) is 4. The summed E-state index contributed by atoms with van der Waals surface area (Å²) in [4.78, 5) is 42.7. The molecule has 0 fully saturated rings. The molecule has 0 aliphatic rings. The van der Waals surface area contributed by atoms with E-state index >= 15 is 0 Å². The largest absolute Gasteiger partial charge is 0.450 e. The summed E-state index contributed by atoms with van der Waals surface area (Å²) < 4.78 is 5.86. The summed E-state index contributed by atoms with van der Waals surface area (Å²) in [6, 6.07) is 3.95. The predicted molar refractivity (Wildman–Crippen MR) is 121 cm³/mol. The SMILES string of the molecule is CCCc1c2nc(C(=O)Nc3nn[nH]n3)cc(Cl)c2cc2c(=O)cc(C(=O)Nc3nn[nH]n3)oc12. The Balaban J connectivity index is 1.67. The van der Waals surface area contributed by atoms with E-state index in [1.54, 1.807) is 0 Å². The Morgan fingerprint density at radius 2 is 1.69 bits per heavy atom. The number of hydrogen-bond donors (Lipinski definition) is 4. The van der Waals surface area contributed by atoms with E-state index in [1.165, 1.54) is 12.1 Å². The van der Waals surface area contributed by atoms with Crippen LogP contribution in [0.2, 0.25) is 5.02 Å². The number of aromatic nitrogens is 9. The molecule has 0 spiro atoms. The molecule has 5 rings (SSSR count). The zero-order valence-electron chi connectivity index (χ0n) is 17.8. The molecule has 4 N–H and O–H groups in total. The topological polar surface area (TPSA) is 210 Å². The molecule has 5 aromatic rings. The quantitative estimate of drug-likeness (QED) is 0.248. The van der Waals surface area contributed by atoms with Crippen LogP contribution in [0.1, 0.15) is 40.0 Å². The minimum absolute atomic E-state index is 0.0163. The molecule has 16 heteroatoms. The molecule has 0 saturated carbocycles. The van der Waals surface area contributed by atoms with Crippen molar-refractivity contribution in [2.24, 2.45) is 0 Å². The van der Waals surface area contributed by atoms with E-state index in [0.29, 0.717) is 29.3 Å².